The van der Waals surface area contributed by atoms with Gasteiger partial charge in [0.15, 0.2) is 0 Å². The van der Waals surface area contributed by atoms with Gasteiger partial charge < -0.3 is 20.5 Å². The van der Waals surface area contributed by atoms with E-state index in [1.165, 1.54) is 0 Å². The number of aromatic hydroxyl groups is 2. The number of aromatic nitrogens is 2. The van der Waals surface area contributed by atoms with Crippen LogP contribution in [0.2, 0.25) is 0 Å². The molecule has 0 fully saturated rings. The number of phenols is 2. The third-order valence-electron chi connectivity index (χ3n) is 3.97. The molecule has 0 spiro atoms. The molecule has 5 nitrogen and oxygen atoms in total. The summed E-state index contributed by atoms with van der Waals surface area (Å²) in [5.41, 5.74) is 10.2. The van der Waals surface area contributed by atoms with Crippen LogP contribution in [0.4, 0.5) is 0 Å². The first-order chi connectivity index (χ1) is 12.0. The Hall–Kier alpha value is -3.21. The number of benzene rings is 2. The fraction of sp³-hybridized carbons (Fsp3) is 0.150. The number of hydrogen-bond donors (Lipinski definition) is 3. The van der Waals surface area contributed by atoms with Crippen LogP contribution >= 0.6 is 0 Å². The van der Waals surface area contributed by atoms with Gasteiger partial charge >= 0.3 is 0 Å². The highest BCUT2D eigenvalue weighted by Gasteiger charge is 2.13. The molecule has 0 aliphatic rings. The Morgan fingerprint density at radius 3 is 2.32 bits per heavy atom. The van der Waals surface area contributed by atoms with E-state index >= 15 is 0 Å². The van der Waals surface area contributed by atoms with Crippen LogP contribution in [0.25, 0.3) is 0 Å². The molecule has 3 aromatic rings. The Kier molecular flexibility index (Phi) is 4.75. The highest BCUT2D eigenvalue weighted by Crippen LogP contribution is 2.20. The third-order valence-corrected chi connectivity index (χ3v) is 3.97. The largest absolute Gasteiger partial charge is 0.508 e. The van der Waals surface area contributed by atoms with Crippen LogP contribution in [-0.2, 0) is 19.4 Å². The lowest BCUT2D eigenvalue weighted by Gasteiger charge is -2.11. The van der Waals surface area contributed by atoms with Crippen LogP contribution in [-0.4, -0.2) is 19.8 Å². The summed E-state index contributed by atoms with van der Waals surface area (Å²) < 4.78 is 2.02. The SMILES string of the molecule is C=C(N)Cc1c(Cc2cccc(O)c2)ncn1Cc1cccc(O)c1. The predicted molar refractivity (Wildman–Crippen MR) is 97.4 cm³/mol. The molecule has 0 radical (unpaired) electrons. The molecule has 0 aliphatic heterocycles. The number of allylic oxidation sites excluding steroid dienone is 1. The van der Waals surface area contributed by atoms with Crippen molar-refractivity contribution in [3.63, 3.8) is 0 Å². The molecule has 25 heavy (non-hydrogen) atoms. The molecular weight excluding hydrogens is 314 g/mol. The molecule has 4 N–H and O–H groups in total. The van der Waals surface area contributed by atoms with Gasteiger partial charge in [-0.1, -0.05) is 30.8 Å². The van der Waals surface area contributed by atoms with Gasteiger partial charge in [0.1, 0.15) is 11.5 Å². The zero-order chi connectivity index (χ0) is 17.8. The van der Waals surface area contributed by atoms with Gasteiger partial charge in [0, 0.05) is 30.8 Å². The summed E-state index contributed by atoms with van der Waals surface area (Å²) in [7, 11) is 0. The van der Waals surface area contributed by atoms with Crippen molar-refractivity contribution < 1.29 is 10.2 Å². The second-order valence-corrected chi connectivity index (χ2v) is 6.12. The molecule has 2 aromatic carbocycles. The molecule has 0 aliphatic carbocycles. The number of imidazole rings is 1. The van der Waals surface area contributed by atoms with E-state index in [1.54, 1.807) is 30.6 Å². The second kappa shape index (κ2) is 7.13. The Labute approximate surface area is 146 Å². The van der Waals surface area contributed by atoms with Crippen molar-refractivity contribution in [2.75, 3.05) is 0 Å². The lowest BCUT2D eigenvalue weighted by Crippen LogP contribution is -2.09. The second-order valence-electron chi connectivity index (χ2n) is 6.12. The van der Waals surface area contributed by atoms with Crippen molar-refractivity contribution in [1.82, 2.24) is 9.55 Å². The smallest absolute Gasteiger partial charge is 0.115 e. The first-order valence-corrected chi connectivity index (χ1v) is 8.03. The highest BCUT2D eigenvalue weighted by molar-refractivity contribution is 5.33. The van der Waals surface area contributed by atoms with Crippen molar-refractivity contribution in [1.29, 1.82) is 0 Å². The molecule has 0 amide bonds. The molecule has 0 bridgehead atoms. The van der Waals surface area contributed by atoms with Gasteiger partial charge in [0.25, 0.3) is 0 Å². The number of phenolic OH excluding ortho intramolecular Hbond substituents is 2. The van der Waals surface area contributed by atoms with E-state index in [0.29, 0.717) is 25.1 Å². The van der Waals surface area contributed by atoms with Crippen molar-refractivity contribution in [2.24, 2.45) is 5.73 Å². The number of hydrogen-bond acceptors (Lipinski definition) is 4. The summed E-state index contributed by atoms with van der Waals surface area (Å²) in [6.45, 7) is 4.40. The first kappa shape index (κ1) is 16.6. The van der Waals surface area contributed by atoms with Crippen molar-refractivity contribution >= 4 is 0 Å². The van der Waals surface area contributed by atoms with E-state index in [0.717, 1.165) is 22.5 Å². The summed E-state index contributed by atoms with van der Waals surface area (Å²) in [4.78, 5) is 4.53. The molecular formula is C20H21N3O2. The fourth-order valence-electron chi connectivity index (χ4n) is 2.86. The van der Waals surface area contributed by atoms with Gasteiger partial charge in [-0.15, -0.1) is 0 Å². The molecule has 3 rings (SSSR count). The predicted octanol–water partition coefficient (Wildman–Crippen LogP) is 2.95. The normalized spacial score (nSPS) is 10.7. The van der Waals surface area contributed by atoms with Gasteiger partial charge in [0.05, 0.1) is 12.0 Å². The standard InChI is InChI=1S/C20H21N3O2/c1-14(21)8-20-19(11-15-4-2-6-17(24)9-15)22-13-23(20)12-16-5-3-7-18(25)10-16/h2-7,9-10,13,24-25H,1,8,11-12,21H2. The maximum atomic E-state index is 9.65. The lowest BCUT2D eigenvalue weighted by molar-refractivity contribution is 0.474. The number of nitrogens with zero attached hydrogens (tertiary/aromatic N) is 2. The Bertz CT molecular complexity index is 834. The van der Waals surface area contributed by atoms with Crippen LogP contribution in [0, 0.1) is 0 Å². The maximum Gasteiger partial charge on any atom is 0.115 e. The minimum Gasteiger partial charge on any atom is -0.508 e. The van der Waals surface area contributed by atoms with E-state index in [-0.39, 0.29) is 11.5 Å². The number of rotatable bonds is 6. The summed E-state index contributed by atoms with van der Waals surface area (Å²) >= 11 is 0. The van der Waals surface area contributed by atoms with Gasteiger partial charge in [-0.3, -0.25) is 0 Å². The third kappa shape index (κ3) is 4.20. The quantitative estimate of drug-likeness (QED) is 0.646. The Balaban J connectivity index is 1.91. The average Bonchev–Trinajstić information content (AvgIpc) is 2.89. The van der Waals surface area contributed by atoms with Gasteiger partial charge in [-0.05, 0) is 35.4 Å². The van der Waals surface area contributed by atoms with E-state index in [9.17, 15) is 10.2 Å². The summed E-state index contributed by atoms with van der Waals surface area (Å²) in [6, 6.07) is 14.3. The molecule has 0 atom stereocenters. The Morgan fingerprint density at radius 1 is 1.04 bits per heavy atom. The zero-order valence-corrected chi connectivity index (χ0v) is 13.9. The average molecular weight is 335 g/mol. The molecule has 1 aromatic heterocycles. The zero-order valence-electron chi connectivity index (χ0n) is 13.9. The first-order valence-electron chi connectivity index (χ1n) is 8.03. The van der Waals surface area contributed by atoms with Gasteiger partial charge in [-0.25, -0.2) is 4.98 Å². The highest BCUT2D eigenvalue weighted by atomic mass is 16.3. The topological polar surface area (TPSA) is 84.3 Å². The van der Waals surface area contributed by atoms with Crippen molar-refractivity contribution in [2.45, 2.75) is 19.4 Å². The van der Waals surface area contributed by atoms with Crippen LogP contribution in [0.1, 0.15) is 22.5 Å². The lowest BCUT2D eigenvalue weighted by atomic mass is 10.1. The fourth-order valence-corrected chi connectivity index (χ4v) is 2.86. The molecule has 1 heterocycles. The summed E-state index contributed by atoms with van der Waals surface area (Å²) in [5.74, 6) is 0.476. The van der Waals surface area contributed by atoms with E-state index in [4.69, 9.17) is 5.73 Å². The van der Waals surface area contributed by atoms with Crippen molar-refractivity contribution in [3.05, 3.63) is 89.6 Å². The van der Waals surface area contributed by atoms with Crippen LogP contribution in [0.5, 0.6) is 11.5 Å². The van der Waals surface area contributed by atoms with Gasteiger partial charge in [0.2, 0.25) is 0 Å². The van der Waals surface area contributed by atoms with E-state index in [2.05, 4.69) is 11.6 Å². The Morgan fingerprint density at radius 2 is 1.68 bits per heavy atom. The van der Waals surface area contributed by atoms with Crippen molar-refractivity contribution in [3.8, 4) is 11.5 Å². The minimum absolute atomic E-state index is 0.237. The van der Waals surface area contributed by atoms with Crippen LogP contribution in [0.15, 0.2) is 67.1 Å². The summed E-state index contributed by atoms with van der Waals surface area (Å²) in [5, 5.41) is 19.3. The molecule has 0 saturated heterocycles. The molecule has 128 valence electrons. The van der Waals surface area contributed by atoms with Crippen LogP contribution < -0.4 is 5.73 Å². The molecule has 5 heteroatoms. The maximum absolute atomic E-state index is 9.65. The molecule has 0 saturated carbocycles. The monoisotopic (exact) mass is 335 g/mol. The summed E-state index contributed by atoms with van der Waals surface area (Å²) in [6.07, 6.45) is 2.90. The van der Waals surface area contributed by atoms with Crippen LogP contribution in [0.3, 0.4) is 0 Å². The minimum atomic E-state index is 0.237. The number of nitrogens with two attached hydrogens (primary N) is 1. The molecule has 0 unspecified atom stereocenters. The van der Waals surface area contributed by atoms with E-state index in [1.807, 2.05) is 28.8 Å². The van der Waals surface area contributed by atoms with Gasteiger partial charge in [-0.2, -0.15) is 0 Å². The van der Waals surface area contributed by atoms with E-state index < -0.39 is 0 Å².